The SMILES string of the molecule is CC1NC(=O)CCC1NC(=O)N1CCc2cc(Br)ccc2C1. The molecule has 2 unspecified atom stereocenters. The van der Waals surface area contributed by atoms with Crippen LogP contribution < -0.4 is 10.6 Å². The Balaban J connectivity index is 1.62. The highest BCUT2D eigenvalue weighted by atomic mass is 79.9. The Morgan fingerprint density at radius 2 is 2.18 bits per heavy atom. The van der Waals surface area contributed by atoms with Gasteiger partial charge in [0.15, 0.2) is 0 Å². The van der Waals surface area contributed by atoms with Gasteiger partial charge < -0.3 is 15.5 Å². The molecule has 0 radical (unpaired) electrons. The minimum absolute atomic E-state index is 0.0107. The largest absolute Gasteiger partial charge is 0.352 e. The molecule has 2 heterocycles. The van der Waals surface area contributed by atoms with Crippen LogP contribution in [0.15, 0.2) is 22.7 Å². The maximum absolute atomic E-state index is 12.5. The molecule has 3 rings (SSSR count). The van der Waals surface area contributed by atoms with Gasteiger partial charge >= 0.3 is 6.03 Å². The second-order valence-corrected chi connectivity index (χ2v) is 6.95. The first-order chi connectivity index (χ1) is 10.5. The quantitative estimate of drug-likeness (QED) is 0.801. The number of rotatable bonds is 1. The molecule has 2 atom stereocenters. The summed E-state index contributed by atoms with van der Waals surface area (Å²) in [4.78, 5) is 25.6. The van der Waals surface area contributed by atoms with Crippen molar-refractivity contribution in [3.05, 3.63) is 33.8 Å². The van der Waals surface area contributed by atoms with Gasteiger partial charge in [0.05, 0.1) is 6.04 Å². The summed E-state index contributed by atoms with van der Waals surface area (Å²) in [5, 5.41) is 5.95. The van der Waals surface area contributed by atoms with Crippen LogP contribution in [0.2, 0.25) is 0 Å². The Labute approximate surface area is 138 Å². The van der Waals surface area contributed by atoms with Crippen LogP contribution in [0, 0.1) is 0 Å². The van der Waals surface area contributed by atoms with Crippen LogP contribution in [0.4, 0.5) is 4.79 Å². The molecule has 118 valence electrons. The summed E-state index contributed by atoms with van der Waals surface area (Å²) in [5.74, 6) is 0.0653. The zero-order chi connectivity index (χ0) is 15.7. The van der Waals surface area contributed by atoms with Gasteiger partial charge in [-0.05, 0) is 43.0 Å². The molecular formula is C16H20BrN3O2. The molecule has 1 fully saturated rings. The monoisotopic (exact) mass is 365 g/mol. The average molecular weight is 366 g/mol. The minimum atomic E-state index is -0.0402. The molecule has 0 aromatic heterocycles. The summed E-state index contributed by atoms with van der Waals surface area (Å²) in [7, 11) is 0. The number of nitrogens with zero attached hydrogens (tertiary/aromatic N) is 1. The molecule has 0 aliphatic carbocycles. The van der Waals surface area contributed by atoms with Gasteiger partial charge in [-0.3, -0.25) is 4.79 Å². The van der Waals surface area contributed by atoms with Crippen LogP contribution in [0.5, 0.6) is 0 Å². The number of benzene rings is 1. The zero-order valence-electron chi connectivity index (χ0n) is 12.6. The summed E-state index contributed by atoms with van der Waals surface area (Å²) in [6, 6.07) is 6.17. The smallest absolute Gasteiger partial charge is 0.317 e. The molecule has 3 amide bonds. The van der Waals surface area contributed by atoms with E-state index in [0.717, 1.165) is 17.4 Å². The van der Waals surface area contributed by atoms with E-state index < -0.39 is 0 Å². The van der Waals surface area contributed by atoms with E-state index >= 15 is 0 Å². The fourth-order valence-corrected chi connectivity index (χ4v) is 3.51. The van der Waals surface area contributed by atoms with Gasteiger partial charge in [0.1, 0.15) is 0 Å². The van der Waals surface area contributed by atoms with Crippen molar-refractivity contribution >= 4 is 27.9 Å². The van der Waals surface area contributed by atoms with E-state index in [2.05, 4.69) is 38.7 Å². The zero-order valence-corrected chi connectivity index (χ0v) is 14.1. The number of piperidine rings is 1. The van der Waals surface area contributed by atoms with Gasteiger partial charge in [0.25, 0.3) is 0 Å². The van der Waals surface area contributed by atoms with Gasteiger partial charge in [-0.2, -0.15) is 0 Å². The molecule has 0 bridgehead atoms. The van der Waals surface area contributed by atoms with E-state index in [1.54, 1.807) is 0 Å². The third-order valence-electron chi connectivity index (χ3n) is 4.45. The topological polar surface area (TPSA) is 61.4 Å². The third-order valence-corrected chi connectivity index (χ3v) is 4.94. The van der Waals surface area contributed by atoms with Crippen LogP contribution in [-0.4, -0.2) is 35.5 Å². The first-order valence-corrected chi connectivity index (χ1v) is 8.44. The van der Waals surface area contributed by atoms with Gasteiger partial charge in [0.2, 0.25) is 5.91 Å². The highest BCUT2D eigenvalue weighted by Crippen LogP contribution is 2.23. The lowest BCUT2D eigenvalue weighted by Crippen LogP contribution is -2.56. The van der Waals surface area contributed by atoms with E-state index in [-0.39, 0.29) is 24.0 Å². The van der Waals surface area contributed by atoms with Gasteiger partial charge in [0, 0.05) is 30.0 Å². The van der Waals surface area contributed by atoms with Crippen molar-refractivity contribution < 1.29 is 9.59 Å². The van der Waals surface area contributed by atoms with Gasteiger partial charge in [-0.15, -0.1) is 0 Å². The third kappa shape index (κ3) is 3.27. The van der Waals surface area contributed by atoms with Crippen LogP contribution in [0.25, 0.3) is 0 Å². The molecule has 5 nitrogen and oxygen atoms in total. The molecule has 22 heavy (non-hydrogen) atoms. The molecule has 6 heteroatoms. The van der Waals surface area contributed by atoms with Crippen molar-refractivity contribution in [2.24, 2.45) is 0 Å². The number of urea groups is 1. The van der Waals surface area contributed by atoms with E-state index in [1.165, 1.54) is 11.1 Å². The van der Waals surface area contributed by atoms with Crippen LogP contribution in [0.3, 0.4) is 0 Å². The molecule has 0 saturated carbocycles. The van der Waals surface area contributed by atoms with Crippen LogP contribution >= 0.6 is 15.9 Å². The summed E-state index contributed by atoms with van der Waals surface area (Å²) >= 11 is 3.48. The minimum Gasteiger partial charge on any atom is -0.352 e. The fourth-order valence-electron chi connectivity index (χ4n) is 3.11. The second kappa shape index (κ2) is 6.28. The Hall–Kier alpha value is -1.56. The lowest BCUT2D eigenvalue weighted by atomic mass is 9.99. The lowest BCUT2D eigenvalue weighted by Gasteiger charge is -2.34. The Morgan fingerprint density at radius 3 is 2.95 bits per heavy atom. The summed E-state index contributed by atoms with van der Waals surface area (Å²) in [6.07, 6.45) is 2.06. The fraction of sp³-hybridized carbons (Fsp3) is 0.500. The number of hydrogen-bond donors (Lipinski definition) is 2. The van der Waals surface area contributed by atoms with Gasteiger partial charge in [-0.1, -0.05) is 22.0 Å². The lowest BCUT2D eigenvalue weighted by molar-refractivity contribution is -0.123. The van der Waals surface area contributed by atoms with Crippen LogP contribution in [0.1, 0.15) is 30.9 Å². The molecule has 2 N–H and O–H groups in total. The average Bonchev–Trinajstić information content (AvgIpc) is 2.49. The molecular weight excluding hydrogens is 346 g/mol. The first kappa shape index (κ1) is 15.3. The second-order valence-electron chi connectivity index (χ2n) is 6.04. The predicted molar refractivity (Wildman–Crippen MR) is 87.4 cm³/mol. The Kier molecular flexibility index (Phi) is 4.38. The molecule has 1 aromatic rings. The number of carbonyl (C=O) groups excluding carboxylic acids is 2. The van der Waals surface area contributed by atoms with Crippen molar-refractivity contribution in [2.45, 2.75) is 44.8 Å². The summed E-state index contributed by atoms with van der Waals surface area (Å²) < 4.78 is 1.08. The number of halogens is 1. The van der Waals surface area contributed by atoms with Crippen molar-refractivity contribution in [3.63, 3.8) is 0 Å². The van der Waals surface area contributed by atoms with Crippen molar-refractivity contribution in [1.29, 1.82) is 0 Å². The molecule has 2 aliphatic heterocycles. The van der Waals surface area contributed by atoms with E-state index in [0.29, 0.717) is 19.4 Å². The van der Waals surface area contributed by atoms with E-state index in [1.807, 2.05) is 17.9 Å². The maximum Gasteiger partial charge on any atom is 0.317 e. The summed E-state index contributed by atoms with van der Waals surface area (Å²) in [5.41, 5.74) is 2.51. The van der Waals surface area contributed by atoms with E-state index in [4.69, 9.17) is 0 Å². The number of fused-ring (bicyclic) bond motifs is 1. The molecule has 0 spiro atoms. The van der Waals surface area contributed by atoms with Gasteiger partial charge in [-0.25, -0.2) is 4.79 Å². The number of carbonyl (C=O) groups is 2. The molecule has 1 saturated heterocycles. The summed E-state index contributed by atoms with van der Waals surface area (Å²) in [6.45, 7) is 3.30. The number of hydrogen-bond acceptors (Lipinski definition) is 2. The Bertz CT molecular complexity index is 605. The van der Waals surface area contributed by atoms with E-state index in [9.17, 15) is 9.59 Å². The normalized spacial score (nSPS) is 24.5. The number of nitrogens with one attached hydrogen (secondary N) is 2. The highest BCUT2D eigenvalue weighted by molar-refractivity contribution is 9.10. The highest BCUT2D eigenvalue weighted by Gasteiger charge is 2.29. The predicted octanol–water partition coefficient (Wildman–Crippen LogP) is 2.18. The van der Waals surface area contributed by atoms with Crippen molar-refractivity contribution in [3.8, 4) is 0 Å². The standard InChI is InChI=1S/C16H20BrN3O2/c1-10-14(4-5-15(21)18-10)19-16(22)20-7-6-11-8-13(17)3-2-12(11)9-20/h2-3,8,10,14H,4-7,9H2,1H3,(H,18,21)(H,19,22). The molecule has 1 aromatic carbocycles. The van der Waals surface area contributed by atoms with Crippen molar-refractivity contribution in [1.82, 2.24) is 15.5 Å². The first-order valence-electron chi connectivity index (χ1n) is 7.65. The number of amides is 3. The Morgan fingerprint density at radius 1 is 1.36 bits per heavy atom. The molecule has 2 aliphatic rings. The maximum atomic E-state index is 12.5. The van der Waals surface area contributed by atoms with Crippen LogP contribution in [-0.2, 0) is 17.8 Å². The van der Waals surface area contributed by atoms with Crippen molar-refractivity contribution in [2.75, 3.05) is 6.54 Å².